The third-order valence-electron chi connectivity index (χ3n) is 2.93. The molecular weight excluding hydrogens is 314 g/mol. The second-order valence-electron chi connectivity index (χ2n) is 5.34. The predicted molar refractivity (Wildman–Crippen MR) is 92.9 cm³/mol. The molecule has 1 aromatic rings. The molecule has 7 heteroatoms. The highest BCUT2D eigenvalue weighted by Gasteiger charge is 2.23. The van der Waals surface area contributed by atoms with Crippen LogP contribution >= 0.6 is 12.2 Å². The van der Waals surface area contributed by atoms with Crippen molar-refractivity contribution in [2.75, 3.05) is 14.1 Å². The van der Waals surface area contributed by atoms with Crippen LogP contribution in [0, 0.1) is 5.92 Å². The van der Waals surface area contributed by atoms with Gasteiger partial charge in [-0.1, -0.05) is 44.3 Å². The van der Waals surface area contributed by atoms with Crippen LogP contribution in [-0.2, 0) is 4.79 Å². The van der Waals surface area contributed by atoms with E-state index in [1.54, 1.807) is 44.4 Å². The number of likely N-dealkylation sites (N-methyl/N-ethyl adjacent to an activating group) is 1. The Hall–Kier alpha value is -2.41. The molecule has 3 N–H and O–H groups in total. The van der Waals surface area contributed by atoms with Gasteiger partial charge in [0.1, 0.15) is 10.7 Å². The minimum absolute atomic E-state index is 0.0594. The summed E-state index contributed by atoms with van der Waals surface area (Å²) in [6.45, 7) is 3.67. The van der Waals surface area contributed by atoms with Gasteiger partial charge < -0.3 is 15.4 Å². The fraction of sp³-hybridized carbons (Fsp3) is 0.312. The molecule has 0 aromatic heterocycles. The van der Waals surface area contributed by atoms with E-state index in [2.05, 4.69) is 5.32 Å². The van der Waals surface area contributed by atoms with Gasteiger partial charge in [0.15, 0.2) is 0 Å². The van der Waals surface area contributed by atoms with Crippen molar-refractivity contribution in [2.24, 2.45) is 11.7 Å². The first-order valence-corrected chi connectivity index (χ1v) is 7.44. The quantitative estimate of drug-likeness (QED) is 0.650. The van der Waals surface area contributed by atoms with Crippen LogP contribution in [0.15, 0.2) is 41.6 Å². The van der Waals surface area contributed by atoms with E-state index in [1.165, 1.54) is 4.90 Å². The number of carbonyl (C=O) groups excluding carboxylic acids is 2. The Morgan fingerprint density at radius 2 is 1.78 bits per heavy atom. The minimum Gasteiger partial charge on any atom is -0.410 e. The van der Waals surface area contributed by atoms with Gasteiger partial charge in [-0.15, -0.1) is 0 Å². The molecule has 2 amide bonds. The third kappa shape index (κ3) is 5.37. The fourth-order valence-corrected chi connectivity index (χ4v) is 1.93. The molecule has 0 atom stereocenters. The third-order valence-corrected chi connectivity index (χ3v) is 3.23. The number of allylic oxidation sites excluding steroid dienone is 1. The first-order chi connectivity index (χ1) is 10.7. The van der Waals surface area contributed by atoms with Crippen LogP contribution in [-0.4, -0.2) is 36.0 Å². The van der Waals surface area contributed by atoms with E-state index < -0.39 is 6.09 Å². The minimum atomic E-state index is -0.776. The van der Waals surface area contributed by atoms with Crippen LogP contribution in [0.5, 0.6) is 5.75 Å². The summed E-state index contributed by atoms with van der Waals surface area (Å²) in [4.78, 5) is 25.5. The molecule has 6 nitrogen and oxygen atoms in total. The highest BCUT2D eigenvalue weighted by Crippen LogP contribution is 2.13. The van der Waals surface area contributed by atoms with Crippen molar-refractivity contribution in [2.45, 2.75) is 13.8 Å². The SMILES string of the molecule is CC(C)/C(N)=C(\C(=O)N(C)C)C(=S)NC(=O)Oc1ccccc1. The number of amides is 2. The molecule has 1 aromatic carbocycles. The Kier molecular flexibility index (Phi) is 6.71. The molecule has 0 heterocycles. The standard InChI is InChI=1S/C16H21N3O3S/c1-10(2)13(17)12(15(20)19(3)4)14(23)18-16(21)22-11-8-6-5-7-9-11/h5-10H,17H2,1-4H3,(H,18,21,23)/b13-12+. The van der Waals surface area contributed by atoms with Crippen LogP contribution in [0.1, 0.15) is 13.8 Å². The van der Waals surface area contributed by atoms with Gasteiger partial charge in [0.05, 0.1) is 5.57 Å². The van der Waals surface area contributed by atoms with Crippen molar-refractivity contribution in [3.05, 3.63) is 41.6 Å². The Morgan fingerprint density at radius 3 is 2.26 bits per heavy atom. The van der Waals surface area contributed by atoms with Gasteiger partial charge in [-0.3, -0.25) is 10.1 Å². The molecule has 0 unspecified atom stereocenters. The number of hydrogen-bond donors (Lipinski definition) is 2. The topological polar surface area (TPSA) is 84.7 Å². The van der Waals surface area contributed by atoms with E-state index in [0.717, 1.165) is 0 Å². The zero-order chi connectivity index (χ0) is 17.6. The molecule has 0 saturated heterocycles. The second kappa shape index (κ2) is 8.28. The number of nitrogens with zero attached hydrogens (tertiary/aromatic N) is 1. The number of carbonyl (C=O) groups is 2. The number of nitrogens with two attached hydrogens (primary N) is 1. The molecule has 23 heavy (non-hydrogen) atoms. The maximum absolute atomic E-state index is 12.3. The zero-order valence-electron chi connectivity index (χ0n) is 13.6. The van der Waals surface area contributed by atoms with Gasteiger partial charge >= 0.3 is 6.09 Å². The summed E-state index contributed by atoms with van der Waals surface area (Å²) in [6, 6.07) is 8.53. The molecule has 0 spiro atoms. The number of nitrogens with one attached hydrogen (secondary N) is 1. The van der Waals surface area contributed by atoms with Gasteiger partial charge in [-0.05, 0) is 18.1 Å². The maximum Gasteiger partial charge on any atom is 0.417 e. The molecule has 0 fully saturated rings. The Morgan fingerprint density at radius 1 is 1.22 bits per heavy atom. The number of benzene rings is 1. The van der Waals surface area contributed by atoms with Crippen LogP contribution in [0.2, 0.25) is 0 Å². The molecule has 1 rings (SSSR count). The van der Waals surface area contributed by atoms with Crippen LogP contribution in [0.25, 0.3) is 0 Å². The molecule has 124 valence electrons. The number of para-hydroxylation sites is 1. The zero-order valence-corrected chi connectivity index (χ0v) is 14.4. The van der Waals surface area contributed by atoms with Crippen LogP contribution < -0.4 is 15.8 Å². The highest BCUT2D eigenvalue weighted by molar-refractivity contribution is 7.81. The molecule has 0 radical (unpaired) electrons. The van der Waals surface area contributed by atoms with E-state index in [0.29, 0.717) is 11.4 Å². The summed E-state index contributed by atoms with van der Waals surface area (Å²) in [5.41, 5.74) is 6.40. The highest BCUT2D eigenvalue weighted by atomic mass is 32.1. The van der Waals surface area contributed by atoms with Crippen LogP contribution in [0.4, 0.5) is 4.79 Å². The molecule has 0 aliphatic rings. The number of hydrogen-bond acceptors (Lipinski definition) is 5. The Bertz CT molecular complexity index is 625. The maximum atomic E-state index is 12.3. The molecule has 0 saturated carbocycles. The summed E-state index contributed by atoms with van der Waals surface area (Å²) < 4.78 is 5.09. The lowest BCUT2D eigenvalue weighted by atomic mass is 10.0. The van der Waals surface area contributed by atoms with Crippen molar-refractivity contribution in [1.82, 2.24) is 10.2 Å². The van der Waals surface area contributed by atoms with Gasteiger partial charge in [0, 0.05) is 19.8 Å². The van der Waals surface area contributed by atoms with Gasteiger partial charge in [-0.25, -0.2) is 4.79 Å². The Balaban J connectivity index is 2.92. The molecular formula is C16H21N3O3S. The van der Waals surface area contributed by atoms with Gasteiger partial charge in [-0.2, -0.15) is 0 Å². The number of thiocarbonyl (C=S) groups is 1. The fourth-order valence-electron chi connectivity index (χ4n) is 1.64. The Labute approximate surface area is 141 Å². The first kappa shape index (κ1) is 18.6. The summed E-state index contributed by atoms with van der Waals surface area (Å²) >= 11 is 5.16. The second-order valence-corrected chi connectivity index (χ2v) is 5.75. The summed E-state index contributed by atoms with van der Waals surface area (Å²) in [5, 5.41) is 2.38. The van der Waals surface area contributed by atoms with Crippen molar-refractivity contribution in [3.8, 4) is 5.75 Å². The average molecular weight is 335 g/mol. The van der Waals surface area contributed by atoms with Crippen molar-refractivity contribution in [1.29, 1.82) is 0 Å². The summed E-state index contributed by atoms with van der Waals surface area (Å²) in [6.07, 6.45) is -0.776. The van der Waals surface area contributed by atoms with Crippen molar-refractivity contribution < 1.29 is 14.3 Å². The van der Waals surface area contributed by atoms with Gasteiger partial charge in [0.2, 0.25) is 0 Å². The normalized spacial score (nSPS) is 11.5. The lowest BCUT2D eigenvalue weighted by Crippen LogP contribution is -2.39. The number of ether oxygens (including phenoxy) is 1. The van der Waals surface area contributed by atoms with E-state index >= 15 is 0 Å². The average Bonchev–Trinajstić information content (AvgIpc) is 2.47. The number of rotatable bonds is 4. The van der Waals surface area contributed by atoms with E-state index in [-0.39, 0.29) is 22.4 Å². The first-order valence-electron chi connectivity index (χ1n) is 7.03. The van der Waals surface area contributed by atoms with Crippen LogP contribution in [0.3, 0.4) is 0 Å². The monoisotopic (exact) mass is 335 g/mol. The largest absolute Gasteiger partial charge is 0.417 e. The van der Waals surface area contributed by atoms with Crippen molar-refractivity contribution in [3.63, 3.8) is 0 Å². The van der Waals surface area contributed by atoms with Gasteiger partial charge in [0.25, 0.3) is 5.91 Å². The summed E-state index contributed by atoms with van der Waals surface area (Å²) in [7, 11) is 3.17. The lowest BCUT2D eigenvalue weighted by molar-refractivity contribution is -0.124. The van der Waals surface area contributed by atoms with E-state index in [9.17, 15) is 9.59 Å². The van der Waals surface area contributed by atoms with Crippen molar-refractivity contribution >= 4 is 29.2 Å². The lowest BCUT2D eigenvalue weighted by Gasteiger charge is -2.19. The predicted octanol–water partition coefficient (Wildman–Crippen LogP) is 2.06. The van der Waals surface area contributed by atoms with E-state index in [1.807, 2.05) is 13.8 Å². The summed E-state index contributed by atoms with van der Waals surface area (Å²) in [5.74, 6) is -0.103. The smallest absolute Gasteiger partial charge is 0.410 e. The van der Waals surface area contributed by atoms with E-state index in [4.69, 9.17) is 22.7 Å². The molecule has 0 bridgehead atoms. The molecule has 0 aliphatic heterocycles. The molecule has 0 aliphatic carbocycles.